The fourth-order valence-electron chi connectivity index (χ4n) is 6.25. The molecule has 8 heteroatoms. The zero-order chi connectivity index (χ0) is 30.5. The van der Waals surface area contributed by atoms with E-state index >= 15 is 0 Å². The number of nitrogens with one attached hydrogen (secondary N) is 2. The van der Waals surface area contributed by atoms with Crippen molar-refractivity contribution in [2.24, 2.45) is 0 Å². The molecule has 0 saturated carbocycles. The smallest absolute Gasteiger partial charge is 0.269 e. The lowest BCUT2D eigenvalue weighted by atomic mass is 9.89. The van der Waals surface area contributed by atoms with Gasteiger partial charge in [-0.05, 0) is 85.0 Å². The molecule has 4 heterocycles. The van der Waals surface area contributed by atoms with Gasteiger partial charge >= 0.3 is 0 Å². The van der Waals surface area contributed by atoms with E-state index in [1.54, 1.807) is 0 Å². The Labute approximate surface area is 259 Å². The molecular formula is C36H42N6O2. The summed E-state index contributed by atoms with van der Waals surface area (Å²) in [6, 6.07) is 12.0. The number of amides is 2. The number of aryl methyl sites for hydroxylation is 4. The van der Waals surface area contributed by atoms with Gasteiger partial charge in [0.15, 0.2) is 5.65 Å². The number of carbonyl (C=O) groups is 2. The van der Waals surface area contributed by atoms with Crippen LogP contribution in [0.1, 0.15) is 108 Å². The first-order chi connectivity index (χ1) is 21.6. The van der Waals surface area contributed by atoms with Crippen molar-refractivity contribution in [3.63, 3.8) is 0 Å². The predicted molar refractivity (Wildman–Crippen MR) is 174 cm³/mol. The van der Waals surface area contributed by atoms with Crippen molar-refractivity contribution >= 4 is 22.8 Å². The van der Waals surface area contributed by atoms with Crippen LogP contribution in [0.3, 0.4) is 0 Å². The molecule has 0 radical (unpaired) electrons. The number of nitrogens with zero attached hydrogens (tertiary/aromatic N) is 4. The van der Waals surface area contributed by atoms with Crippen LogP contribution in [0.2, 0.25) is 0 Å². The number of hydrogen-bond donors (Lipinski definition) is 2. The van der Waals surface area contributed by atoms with Crippen molar-refractivity contribution < 1.29 is 9.59 Å². The monoisotopic (exact) mass is 590 g/mol. The number of carbonyl (C=O) groups excluding carboxylic acids is 2. The molecule has 6 rings (SSSR count). The van der Waals surface area contributed by atoms with E-state index in [1.165, 1.54) is 25.7 Å². The van der Waals surface area contributed by atoms with Crippen LogP contribution in [0.15, 0.2) is 36.4 Å². The summed E-state index contributed by atoms with van der Waals surface area (Å²) in [5.41, 5.74) is 9.04. The molecule has 2 N–H and O–H groups in total. The average Bonchev–Trinajstić information content (AvgIpc) is 3.05. The molecule has 228 valence electrons. The van der Waals surface area contributed by atoms with E-state index in [9.17, 15) is 9.59 Å². The molecular weight excluding hydrogens is 548 g/mol. The Balaban J connectivity index is 1.28. The van der Waals surface area contributed by atoms with Crippen LogP contribution in [0.25, 0.3) is 33.8 Å². The summed E-state index contributed by atoms with van der Waals surface area (Å²) in [7, 11) is 0. The molecule has 0 fully saturated rings. The minimum Gasteiger partial charge on any atom is -0.351 e. The fourth-order valence-corrected chi connectivity index (χ4v) is 6.25. The number of unbranched alkanes of at least 4 members (excludes halogenated alkanes) is 6. The summed E-state index contributed by atoms with van der Waals surface area (Å²) in [5.74, 6) is -0.291. The van der Waals surface area contributed by atoms with E-state index in [2.05, 4.69) is 36.6 Å². The highest BCUT2D eigenvalue weighted by atomic mass is 16.2. The summed E-state index contributed by atoms with van der Waals surface area (Å²) in [6.45, 7) is 5.67. The maximum atomic E-state index is 12.9. The Morgan fingerprint density at radius 1 is 0.568 bits per heavy atom. The Morgan fingerprint density at radius 2 is 1.00 bits per heavy atom. The molecule has 0 atom stereocenters. The Hall–Kier alpha value is -4.20. The van der Waals surface area contributed by atoms with Crippen LogP contribution in [0.4, 0.5) is 0 Å². The van der Waals surface area contributed by atoms with Gasteiger partial charge in [0, 0.05) is 18.5 Å². The molecule has 0 bridgehead atoms. The molecule has 0 saturated heterocycles. The van der Waals surface area contributed by atoms with Gasteiger partial charge < -0.3 is 10.6 Å². The second kappa shape index (κ2) is 13.6. The first-order valence-corrected chi connectivity index (χ1v) is 16.5. The van der Waals surface area contributed by atoms with E-state index < -0.39 is 0 Å². The molecule has 8 nitrogen and oxygen atoms in total. The van der Waals surface area contributed by atoms with E-state index in [1.807, 2.05) is 24.3 Å². The van der Waals surface area contributed by atoms with Crippen LogP contribution in [0.5, 0.6) is 0 Å². The molecule has 0 aliphatic heterocycles. The SMILES string of the molecule is CCCCCCNC(=O)c1ccc2c(n1)-c1nc3nc4c(cc3cc1CC2)CCc1ccc(C(=O)NCCCCCC)nc1-4. The zero-order valence-electron chi connectivity index (χ0n) is 26.0. The van der Waals surface area contributed by atoms with Gasteiger partial charge in [-0.25, -0.2) is 19.9 Å². The van der Waals surface area contributed by atoms with E-state index in [4.69, 9.17) is 19.9 Å². The van der Waals surface area contributed by atoms with Crippen molar-refractivity contribution in [2.45, 2.75) is 90.9 Å². The highest BCUT2D eigenvalue weighted by Crippen LogP contribution is 2.36. The van der Waals surface area contributed by atoms with Crippen molar-refractivity contribution in [3.05, 3.63) is 70.0 Å². The summed E-state index contributed by atoms with van der Waals surface area (Å²) in [5, 5.41) is 7.04. The first-order valence-electron chi connectivity index (χ1n) is 16.5. The molecule has 44 heavy (non-hydrogen) atoms. The predicted octanol–water partition coefficient (Wildman–Crippen LogP) is 6.57. The van der Waals surface area contributed by atoms with Gasteiger partial charge in [0.1, 0.15) is 11.4 Å². The zero-order valence-corrected chi connectivity index (χ0v) is 26.0. The third-order valence-electron chi connectivity index (χ3n) is 8.79. The summed E-state index contributed by atoms with van der Waals surface area (Å²) in [4.78, 5) is 45.5. The van der Waals surface area contributed by atoms with Crippen molar-refractivity contribution in [1.29, 1.82) is 0 Å². The molecule has 0 unspecified atom stereocenters. The molecule has 2 aliphatic rings. The van der Waals surface area contributed by atoms with E-state index in [0.29, 0.717) is 30.1 Å². The fraction of sp³-hybridized carbons (Fsp3) is 0.444. The van der Waals surface area contributed by atoms with Crippen LogP contribution in [-0.4, -0.2) is 44.8 Å². The van der Waals surface area contributed by atoms with Crippen molar-refractivity contribution in [3.8, 4) is 22.8 Å². The highest BCUT2D eigenvalue weighted by molar-refractivity contribution is 5.94. The van der Waals surface area contributed by atoms with Crippen LogP contribution >= 0.6 is 0 Å². The van der Waals surface area contributed by atoms with Gasteiger partial charge in [-0.15, -0.1) is 0 Å². The molecule has 2 amide bonds. The largest absolute Gasteiger partial charge is 0.351 e. The average molecular weight is 591 g/mol. The van der Waals surface area contributed by atoms with Gasteiger partial charge in [0.2, 0.25) is 0 Å². The second-order valence-corrected chi connectivity index (χ2v) is 12.1. The summed E-state index contributed by atoms with van der Waals surface area (Å²) in [6.07, 6.45) is 12.3. The van der Waals surface area contributed by atoms with Gasteiger partial charge in [0.05, 0.1) is 22.8 Å². The van der Waals surface area contributed by atoms with E-state index in [0.717, 1.165) is 102 Å². The van der Waals surface area contributed by atoms with Crippen LogP contribution in [-0.2, 0) is 25.7 Å². The Kier molecular flexibility index (Phi) is 9.24. The quantitative estimate of drug-likeness (QED) is 0.181. The third kappa shape index (κ3) is 6.35. The lowest BCUT2D eigenvalue weighted by Crippen LogP contribution is -2.26. The van der Waals surface area contributed by atoms with Crippen molar-refractivity contribution in [1.82, 2.24) is 30.6 Å². The second-order valence-electron chi connectivity index (χ2n) is 12.1. The lowest BCUT2D eigenvalue weighted by molar-refractivity contribution is 0.0940. The topological polar surface area (TPSA) is 110 Å². The maximum Gasteiger partial charge on any atom is 0.269 e. The van der Waals surface area contributed by atoms with Gasteiger partial charge in [-0.3, -0.25) is 9.59 Å². The molecule has 4 aromatic rings. The summed E-state index contributed by atoms with van der Waals surface area (Å²) >= 11 is 0. The number of rotatable bonds is 12. The summed E-state index contributed by atoms with van der Waals surface area (Å²) < 4.78 is 0. The number of pyridine rings is 4. The van der Waals surface area contributed by atoms with Crippen LogP contribution in [0, 0.1) is 0 Å². The first kappa shape index (κ1) is 29.9. The Bertz CT molecular complexity index is 1580. The maximum absolute atomic E-state index is 12.9. The molecule has 2 aliphatic carbocycles. The number of fused-ring (bicyclic) bond motifs is 7. The highest BCUT2D eigenvalue weighted by Gasteiger charge is 2.25. The molecule has 4 aromatic heterocycles. The molecule has 0 spiro atoms. The van der Waals surface area contributed by atoms with Gasteiger partial charge in [-0.2, -0.15) is 0 Å². The number of aromatic nitrogens is 4. The van der Waals surface area contributed by atoms with Crippen molar-refractivity contribution in [2.75, 3.05) is 13.1 Å². The minimum absolute atomic E-state index is 0.145. The van der Waals surface area contributed by atoms with E-state index in [-0.39, 0.29) is 11.8 Å². The van der Waals surface area contributed by atoms with Gasteiger partial charge in [0.25, 0.3) is 11.8 Å². The molecule has 0 aromatic carbocycles. The normalized spacial score (nSPS) is 13.0. The third-order valence-corrected chi connectivity index (χ3v) is 8.79. The standard InChI is InChI=1S/C36H42N6O2/c1-3-5-7-9-19-37-35(43)28-17-15-23-11-13-25-21-27-22-26-14-12-24-16-18-29(36(44)38-20-10-8-6-4-2)40-31(24)33(26)42-34(27)41-32(25)30(23)39-28/h15-18,21-22H,3-14,19-20H2,1-2H3,(H,37,43)(H,38,44). The van der Waals surface area contributed by atoms with Gasteiger partial charge in [-0.1, -0.05) is 64.5 Å². The minimum atomic E-state index is -0.145. The lowest BCUT2D eigenvalue weighted by Gasteiger charge is -2.21. The Morgan fingerprint density at radius 3 is 1.45 bits per heavy atom. The van der Waals surface area contributed by atoms with Crippen LogP contribution < -0.4 is 10.6 Å². The number of hydrogen-bond acceptors (Lipinski definition) is 6.